The van der Waals surface area contributed by atoms with Crippen LogP contribution in [0.5, 0.6) is 0 Å². The predicted molar refractivity (Wildman–Crippen MR) is 160 cm³/mol. The fourth-order valence-electron chi connectivity index (χ4n) is 4.59. The SMILES string of the molecule is C=C/C=C/c1cc(N(C)CCNC(=C)CCc2ccc(F)cc2C(C)=O)n2nc(C(C)CCCCC)cc2n1. The molecule has 2 heterocycles. The van der Waals surface area contributed by atoms with E-state index in [-0.39, 0.29) is 5.78 Å². The normalized spacial score (nSPS) is 12.1. The van der Waals surface area contributed by atoms with Crippen LogP contribution in [-0.2, 0) is 6.42 Å². The molecule has 39 heavy (non-hydrogen) atoms. The fraction of sp³-hybridized carbons (Fsp3) is 0.406. The lowest BCUT2D eigenvalue weighted by molar-refractivity contribution is 0.101. The molecule has 1 atom stereocenters. The van der Waals surface area contributed by atoms with Gasteiger partial charge in [-0.15, -0.1) is 0 Å². The van der Waals surface area contributed by atoms with Gasteiger partial charge in [-0.1, -0.05) is 64.5 Å². The van der Waals surface area contributed by atoms with Crippen molar-refractivity contribution in [2.45, 2.75) is 65.2 Å². The number of nitrogens with zero attached hydrogens (tertiary/aromatic N) is 4. The van der Waals surface area contributed by atoms with Crippen LogP contribution in [0.15, 0.2) is 61.3 Å². The molecule has 1 aromatic carbocycles. The highest BCUT2D eigenvalue weighted by Gasteiger charge is 2.16. The molecule has 7 heteroatoms. The van der Waals surface area contributed by atoms with Gasteiger partial charge in [-0.2, -0.15) is 9.61 Å². The summed E-state index contributed by atoms with van der Waals surface area (Å²) in [6.45, 7) is 15.2. The second-order valence-electron chi connectivity index (χ2n) is 10.2. The van der Waals surface area contributed by atoms with Crippen LogP contribution >= 0.6 is 0 Å². The zero-order valence-electron chi connectivity index (χ0n) is 23.8. The summed E-state index contributed by atoms with van der Waals surface area (Å²) in [7, 11) is 2.05. The average Bonchev–Trinajstić information content (AvgIpc) is 3.35. The summed E-state index contributed by atoms with van der Waals surface area (Å²) in [6.07, 6.45) is 11.6. The van der Waals surface area contributed by atoms with Crippen LogP contribution in [0.4, 0.5) is 10.2 Å². The van der Waals surface area contributed by atoms with Gasteiger partial charge in [0.1, 0.15) is 11.6 Å². The molecule has 6 nitrogen and oxygen atoms in total. The van der Waals surface area contributed by atoms with Crippen molar-refractivity contribution in [1.82, 2.24) is 19.9 Å². The maximum atomic E-state index is 13.6. The van der Waals surface area contributed by atoms with E-state index < -0.39 is 5.82 Å². The number of hydrogen-bond donors (Lipinski definition) is 1. The molecule has 0 radical (unpaired) electrons. The van der Waals surface area contributed by atoms with Gasteiger partial charge in [0.15, 0.2) is 11.4 Å². The minimum atomic E-state index is -0.396. The van der Waals surface area contributed by atoms with Crippen molar-refractivity contribution in [3.63, 3.8) is 0 Å². The van der Waals surface area contributed by atoms with E-state index in [1.807, 2.05) is 29.8 Å². The Labute approximate surface area is 232 Å². The highest BCUT2D eigenvalue weighted by Crippen LogP contribution is 2.25. The molecule has 1 N–H and O–H groups in total. The molecule has 208 valence electrons. The van der Waals surface area contributed by atoms with Gasteiger partial charge in [-0.05, 0) is 50.0 Å². The lowest BCUT2D eigenvalue weighted by Crippen LogP contribution is -2.30. The van der Waals surface area contributed by atoms with Crippen LogP contribution in [0.25, 0.3) is 11.7 Å². The molecule has 0 aliphatic heterocycles. The third-order valence-electron chi connectivity index (χ3n) is 6.96. The Morgan fingerprint density at radius 3 is 2.77 bits per heavy atom. The van der Waals surface area contributed by atoms with Gasteiger partial charge < -0.3 is 10.2 Å². The topological polar surface area (TPSA) is 62.5 Å². The molecule has 3 aromatic rings. The number of nitrogens with one attached hydrogen (secondary N) is 1. The van der Waals surface area contributed by atoms with Gasteiger partial charge in [0.05, 0.1) is 11.4 Å². The number of carbonyl (C=O) groups is 1. The zero-order chi connectivity index (χ0) is 28.4. The molecule has 0 amide bonds. The first-order chi connectivity index (χ1) is 18.7. The van der Waals surface area contributed by atoms with Crippen molar-refractivity contribution in [1.29, 1.82) is 0 Å². The van der Waals surface area contributed by atoms with E-state index in [4.69, 9.17) is 10.1 Å². The van der Waals surface area contributed by atoms with E-state index in [1.165, 1.54) is 38.3 Å². The van der Waals surface area contributed by atoms with Crippen molar-refractivity contribution < 1.29 is 9.18 Å². The largest absolute Gasteiger partial charge is 0.387 e. The van der Waals surface area contributed by atoms with E-state index in [0.717, 1.165) is 47.1 Å². The summed E-state index contributed by atoms with van der Waals surface area (Å²) in [6, 6.07) is 8.53. The predicted octanol–water partition coefficient (Wildman–Crippen LogP) is 7.13. The molecule has 2 aromatic heterocycles. The van der Waals surface area contributed by atoms with Gasteiger partial charge in [0.2, 0.25) is 0 Å². The fourth-order valence-corrected chi connectivity index (χ4v) is 4.59. The monoisotopic (exact) mass is 531 g/mol. The first-order valence-electron chi connectivity index (χ1n) is 13.9. The average molecular weight is 532 g/mol. The van der Waals surface area contributed by atoms with Gasteiger partial charge >= 0.3 is 0 Å². The Morgan fingerprint density at radius 1 is 1.26 bits per heavy atom. The minimum Gasteiger partial charge on any atom is -0.387 e. The third kappa shape index (κ3) is 8.37. The van der Waals surface area contributed by atoms with Crippen LogP contribution < -0.4 is 10.2 Å². The summed E-state index contributed by atoms with van der Waals surface area (Å²) < 4.78 is 15.5. The minimum absolute atomic E-state index is 0.132. The summed E-state index contributed by atoms with van der Waals surface area (Å²) in [5.41, 5.74) is 4.89. The first kappa shape index (κ1) is 29.8. The van der Waals surface area contributed by atoms with Crippen LogP contribution in [0.1, 0.15) is 86.1 Å². The number of Topliss-reactive ketones (excluding diaryl/α,β-unsaturated/α-hetero) is 1. The lowest BCUT2D eigenvalue weighted by Gasteiger charge is -2.21. The van der Waals surface area contributed by atoms with Crippen LogP contribution in [0.2, 0.25) is 0 Å². The van der Waals surface area contributed by atoms with Gasteiger partial charge in [-0.25, -0.2) is 9.37 Å². The van der Waals surface area contributed by atoms with Crippen molar-refractivity contribution in [2.24, 2.45) is 0 Å². The quantitative estimate of drug-likeness (QED) is 0.121. The molecule has 0 bridgehead atoms. The van der Waals surface area contributed by atoms with Gasteiger partial charge in [0, 0.05) is 49.4 Å². The number of fused-ring (bicyclic) bond motifs is 1. The van der Waals surface area contributed by atoms with Crippen molar-refractivity contribution in [3.05, 3.63) is 89.7 Å². The van der Waals surface area contributed by atoms with Crippen molar-refractivity contribution in [2.75, 3.05) is 25.0 Å². The Hall–Kier alpha value is -3.74. The first-order valence-corrected chi connectivity index (χ1v) is 13.9. The number of anilines is 1. The molecule has 0 saturated heterocycles. The maximum absolute atomic E-state index is 13.6. The molecular weight excluding hydrogens is 489 g/mol. The van der Waals surface area contributed by atoms with E-state index in [1.54, 1.807) is 12.1 Å². The Kier molecular flexibility index (Phi) is 11.0. The lowest BCUT2D eigenvalue weighted by atomic mass is 9.99. The number of rotatable bonds is 16. The summed E-state index contributed by atoms with van der Waals surface area (Å²) in [5.74, 6) is 0.805. The second kappa shape index (κ2) is 14.4. The molecular formula is C32H42FN5O. The standard InChI is InChI=1S/C32H42FN5O/c1-7-9-11-12-23(3)30-22-31-35-28(13-10-8-2)21-32(38(31)36-30)37(6)19-18-34-24(4)14-15-26-16-17-27(33)20-29(26)25(5)39/h8,10,13,16-17,20-23,34H,2,4,7,9,11-12,14-15,18-19H2,1,3,5-6H3/b13-10+. The Balaban J connectivity index is 1.67. The number of aromatic nitrogens is 3. The van der Waals surface area contributed by atoms with Gasteiger partial charge in [0.25, 0.3) is 0 Å². The summed E-state index contributed by atoms with van der Waals surface area (Å²) in [4.78, 5) is 18.9. The number of benzene rings is 1. The highest BCUT2D eigenvalue weighted by atomic mass is 19.1. The molecule has 1 unspecified atom stereocenters. The van der Waals surface area contributed by atoms with E-state index >= 15 is 0 Å². The van der Waals surface area contributed by atoms with Crippen molar-refractivity contribution in [3.8, 4) is 0 Å². The van der Waals surface area contributed by atoms with Gasteiger partial charge in [-0.3, -0.25) is 4.79 Å². The number of ketones is 1. The number of unbranched alkanes of at least 4 members (excludes halogenated alkanes) is 2. The van der Waals surface area contributed by atoms with Crippen LogP contribution in [0, 0.1) is 5.82 Å². The summed E-state index contributed by atoms with van der Waals surface area (Å²) in [5, 5.41) is 8.34. The molecule has 0 fully saturated rings. The number of carbonyl (C=O) groups excluding carboxylic acids is 1. The molecule has 0 aliphatic carbocycles. The number of halogens is 1. The summed E-state index contributed by atoms with van der Waals surface area (Å²) >= 11 is 0. The van der Waals surface area contributed by atoms with E-state index in [9.17, 15) is 9.18 Å². The number of likely N-dealkylation sites (N-methyl/N-ethyl adjacent to an activating group) is 1. The number of aryl methyl sites for hydroxylation is 1. The zero-order valence-corrected chi connectivity index (χ0v) is 23.8. The molecule has 0 aliphatic rings. The number of allylic oxidation sites excluding steroid dienone is 3. The van der Waals surface area contributed by atoms with E-state index in [2.05, 4.69) is 43.3 Å². The third-order valence-corrected chi connectivity index (χ3v) is 6.96. The second-order valence-corrected chi connectivity index (χ2v) is 10.2. The maximum Gasteiger partial charge on any atom is 0.160 e. The van der Waals surface area contributed by atoms with Crippen LogP contribution in [-0.4, -0.2) is 40.5 Å². The smallest absolute Gasteiger partial charge is 0.160 e. The molecule has 0 spiro atoms. The molecule has 0 saturated carbocycles. The number of hydrogen-bond acceptors (Lipinski definition) is 5. The Morgan fingerprint density at radius 2 is 2.05 bits per heavy atom. The Bertz CT molecular complexity index is 1330. The molecule has 3 rings (SSSR count). The van der Waals surface area contributed by atoms with Crippen LogP contribution in [0.3, 0.4) is 0 Å². The highest BCUT2D eigenvalue weighted by molar-refractivity contribution is 5.95. The van der Waals surface area contributed by atoms with E-state index in [0.29, 0.717) is 30.9 Å². The van der Waals surface area contributed by atoms with Crippen molar-refractivity contribution >= 4 is 23.3 Å².